The molecular formula is C22H24F4N4O. The van der Waals surface area contributed by atoms with Crippen LogP contribution in [0.15, 0.2) is 35.9 Å². The molecule has 0 atom stereocenters. The molecule has 1 fully saturated rings. The number of benzene rings is 1. The second kappa shape index (κ2) is 9.89. The molecule has 31 heavy (non-hydrogen) atoms. The fourth-order valence-electron chi connectivity index (χ4n) is 3.38. The highest BCUT2D eigenvalue weighted by atomic mass is 19.4. The van der Waals surface area contributed by atoms with Crippen molar-refractivity contribution in [2.75, 3.05) is 24.5 Å². The molecule has 3 rings (SSSR count). The molecule has 1 aliphatic heterocycles. The molecule has 1 N–H and O–H groups in total. The number of hydrogen-bond acceptors (Lipinski definition) is 4. The van der Waals surface area contributed by atoms with E-state index >= 15 is 0 Å². The van der Waals surface area contributed by atoms with Crippen LogP contribution in [0.2, 0.25) is 0 Å². The minimum Gasteiger partial charge on any atom is -0.354 e. The Hall–Kier alpha value is -2.97. The van der Waals surface area contributed by atoms with Gasteiger partial charge in [0.1, 0.15) is 5.82 Å². The Balaban J connectivity index is 1.64. The first kappa shape index (κ1) is 22.7. The zero-order chi connectivity index (χ0) is 22.4. The Kier molecular flexibility index (Phi) is 7.25. The van der Waals surface area contributed by atoms with Crippen LogP contribution in [0.4, 0.5) is 23.4 Å². The molecule has 2 aromatic rings. The number of alkyl halides is 3. The van der Waals surface area contributed by atoms with Gasteiger partial charge in [-0.1, -0.05) is 25.0 Å². The zero-order valence-electron chi connectivity index (χ0n) is 17.2. The number of rotatable bonds is 6. The van der Waals surface area contributed by atoms with Crippen LogP contribution in [0.25, 0.3) is 6.08 Å². The Bertz CT molecular complexity index is 932. The van der Waals surface area contributed by atoms with Crippen molar-refractivity contribution in [2.45, 2.75) is 38.8 Å². The molecule has 5 nitrogen and oxygen atoms in total. The normalized spacial score (nSPS) is 14.5. The zero-order valence-corrected chi connectivity index (χ0v) is 17.2. The van der Waals surface area contributed by atoms with Crippen molar-refractivity contribution in [1.82, 2.24) is 15.5 Å². The molecule has 1 aromatic carbocycles. The van der Waals surface area contributed by atoms with Gasteiger partial charge in [0.2, 0.25) is 0 Å². The number of halogens is 4. The van der Waals surface area contributed by atoms with Crippen molar-refractivity contribution >= 4 is 17.8 Å². The summed E-state index contributed by atoms with van der Waals surface area (Å²) in [7, 11) is 0. The van der Waals surface area contributed by atoms with Gasteiger partial charge >= 0.3 is 6.18 Å². The quantitative estimate of drug-likeness (QED) is 0.520. The van der Waals surface area contributed by atoms with Gasteiger partial charge in [-0.25, -0.2) is 4.39 Å². The number of carbonyl (C=O) groups is 1. The van der Waals surface area contributed by atoms with Crippen molar-refractivity contribution in [3.63, 3.8) is 0 Å². The molecule has 1 saturated heterocycles. The summed E-state index contributed by atoms with van der Waals surface area (Å²) in [4.78, 5) is 14.0. The molecule has 166 valence electrons. The van der Waals surface area contributed by atoms with Crippen LogP contribution >= 0.6 is 0 Å². The number of nitrogens with one attached hydrogen (secondary N) is 1. The molecule has 0 spiro atoms. The third kappa shape index (κ3) is 6.02. The molecule has 2 heterocycles. The number of hydrogen-bond donors (Lipinski definition) is 1. The molecule has 0 aliphatic carbocycles. The maximum Gasteiger partial charge on any atom is 0.416 e. The third-order valence-corrected chi connectivity index (χ3v) is 5.11. The fourth-order valence-corrected chi connectivity index (χ4v) is 3.38. The smallest absolute Gasteiger partial charge is 0.354 e. The van der Waals surface area contributed by atoms with Crippen LogP contribution in [-0.4, -0.2) is 35.7 Å². The van der Waals surface area contributed by atoms with E-state index in [1.165, 1.54) is 6.08 Å². The van der Waals surface area contributed by atoms with E-state index in [0.29, 0.717) is 38.3 Å². The SMILES string of the molecule is CCCCNC(=O)c1ccc(N2CCC(=Cc3cc(F)ccc3C(F)(F)F)CC2)nn1. The van der Waals surface area contributed by atoms with Crippen LogP contribution in [0.5, 0.6) is 0 Å². The summed E-state index contributed by atoms with van der Waals surface area (Å²) in [6.45, 7) is 3.70. The van der Waals surface area contributed by atoms with Gasteiger partial charge in [-0.3, -0.25) is 4.79 Å². The predicted molar refractivity (Wildman–Crippen MR) is 110 cm³/mol. The molecule has 9 heteroatoms. The molecular weight excluding hydrogens is 412 g/mol. The van der Waals surface area contributed by atoms with E-state index < -0.39 is 17.6 Å². The molecule has 0 saturated carbocycles. The van der Waals surface area contributed by atoms with Crippen LogP contribution in [0.3, 0.4) is 0 Å². The van der Waals surface area contributed by atoms with Crippen molar-refractivity contribution < 1.29 is 22.4 Å². The first-order valence-corrected chi connectivity index (χ1v) is 10.2. The van der Waals surface area contributed by atoms with Crippen LogP contribution in [0, 0.1) is 5.82 Å². The first-order chi connectivity index (χ1) is 14.8. The van der Waals surface area contributed by atoms with Crippen LogP contribution in [-0.2, 0) is 6.18 Å². The van der Waals surface area contributed by atoms with Crippen LogP contribution < -0.4 is 10.2 Å². The maximum absolute atomic E-state index is 13.5. The summed E-state index contributed by atoms with van der Waals surface area (Å²) in [6, 6.07) is 5.83. The van der Waals surface area contributed by atoms with E-state index in [1.54, 1.807) is 12.1 Å². The summed E-state index contributed by atoms with van der Waals surface area (Å²) in [5.74, 6) is -0.371. The second-order valence-electron chi connectivity index (χ2n) is 7.41. The minimum atomic E-state index is -4.54. The fraction of sp³-hybridized carbons (Fsp3) is 0.409. The van der Waals surface area contributed by atoms with Gasteiger partial charge in [0.05, 0.1) is 5.56 Å². The number of unbranched alkanes of at least 4 members (excludes halogenated alkanes) is 1. The topological polar surface area (TPSA) is 58.1 Å². The first-order valence-electron chi connectivity index (χ1n) is 10.2. The summed E-state index contributed by atoms with van der Waals surface area (Å²) in [5, 5.41) is 10.9. The number of carbonyl (C=O) groups excluding carboxylic acids is 1. The van der Waals surface area contributed by atoms with E-state index in [-0.39, 0.29) is 17.2 Å². The van der Waals surface area contributed by atoms with Crippen molar-refractivity contribution in [2.24, 2.45) is 0 Å². The van der Waals surface area contributed by atoms with Gasteiger partial charge in [-0.05, 0) is 55.2 Å². The highest BCUT2D eigenvalue weighted by molar-refractivity contribution is 5.92. The summed E-state index contributed by atoms with van der Waals surface area (Å²) < 4.78 is 53.1. The number of nitrogens with zero attached hydrogens (tertiary/aromatic N) is 3. The monoisotopic (exact) mass is 436 g/mol. The number of piperidine rings is 1. The molecule has 1 aliphatic rings. The molecule has 0 unspecified atom stereocenters. The lowest BCUT2D eigenvalue weighted by Gasteiger charge is -2.29. The van der Waals surface area contributed by atoms with E-state index in [4.69, 9.17) is 0 Å². The Labute approximate surface area is 178 Å². The summed E-state index contributed by atoms with van der Waals surface area (Å²) in [6.07, 6.45) is -0.197. The highest BCUT2D eigenvalue weighted by Gasteiger charge is 2.33. The van der Waals surface area contributed by atoms with E-state index in [2.05, 4.69) is 15.5 Å². The van der Waals surface area contributed by atoms with Gasteiger partial charge in [0.25, 0.3) is 5.91 Å². The number of aromatic nitrogens is 2. The molecule has 0 radical (unpaired) electrons. The lowest BCUT2D eigenvalue weighted by atomic mass is 9.98. The Morgan fingerprint density at radius 1 is 1.16 bits per heavy atom. The lowest BCUT2D eigenvalue weighted by molar-refractivity contribution is -0.137. The highest BCUT2D eigenvalue weighted by Crippen LogP contribution is 2.34. The molecule has 1 amide bonds. The summed E-state index contributed by atoms with van der Waals surface area (Å²) >= 11 is 0. The standard InChI is InChI=1S/C22H24F4N4O/c1-2-3-10-27-21(31)19-6-7-20(29-28-19)30-11-8-15(9-12-30)13-16-14-17(23)4-5-18(16)22(24,25)26/h4-7,13-14H,2-3,8-12H2,1H3,(H,27,31). The van der Waals surface area contributed by atoms with Gasteiger partial charge < -0.3 is 10.2 Å². The van der Waals surface area contributed by atoms with E-state index in [9.17, 15) is 22.4 Å². The molecule has 0 bridgehead atoms. The largest absolute Gasteiger partial charge is 0.416 e. The Morgan fingerprint density at radius 2 is 1.90 bits per heavy atom. The van der Waals surface area contributed by atoms with E-state index in [0.717, 1.165) is 36.6 Å². The van der Waals surface area contributed by atoms with Gasteiger partial charge in [0, 0.05) is 19.6 Å². The van der Waals surface area contributed by atoms with E-state index in [1.807, 2.05) is 11.8 Å². The van der Waals surface area contributed by atoms with Crippen molar-refractivity contribution in [3.05, 3.63) is 58.5 Å². The van der Waals surface area contributed by atoms with Gasteiger partial charge in [-0.15, -0.1) is 10.2 Å². The third-order valence-electron chi connectivity index (χ3n) is 5.11. The predicted octanol–water partition coefficient (Wildman–Crippen LogP) is 4.85. The van der Waals surface area contributed by atoms with Crippen molar-refractivity contribution in [3.8, 4) is 0 Å². The van der Waals surface area contributed by atoms with Crippen molar-refractivity contribution in [1.29, 1.82) is 0 Å². The Morgan fingerprint density at radius 3 is 2.52 bits per heavy atom. The lowest BCUT2D eigenvalue weighted by Crippen LogP contribution is -2.32. The second-order valence-corrected chi connectivity index (χ2v) is 7.41. The van der Waals surface area contributed by atoms with Gasteiger partial charge in [-0.2, -0.15) is 13.2 Å². The maximum atomic E-state index is 13.5. The molecule has 1 aromatic heterocycles. The number of anilines is 1. The van der Waals surface area contributed by atoms with Crippen LogP contribution in [0.1, 0.15) is 54.2 Å². The summed E-state index contributed by atoms with van der Waals surface area (Å²) in [5.41, 5.74) is 0.0483. The van der Waals surface area contributed by atoms with Gasteiger partial charge in [0.15, 0.2) is 11.5 Å². The number of amides is 1. The minimum absolute atomic E-state index is 0.158. The average molecular weight is 436 g/mol. The average Bonchev–Trinajstić information content (AvgIpc) is 2.74.